The first-order valence-electron chi connectivity index (χ1n) is 5.83. The van der Waals surface area contributed by atoms with Crippen LogP contribution < -0.4 is 10.6 Å². The normalized spacial score (nSPS) is 10.0. The van der Waals surface area contributed by atoms with Crippen molar-refractivity contribution in [3.05, 3.63) is 58.1 Å². The van der Waals surface area contributed by atoms with Gasteiger partial charge in [-0.15, -0.1) is 0 Å². The van der Waals surface area contributed by atoms with Crippen LogP contribution in [0.1, 0.15) is 10.4 Å². The van der Waals surface area contributed by atoms with Crippen LogP contribution in [0.3, 0.4) is 0 Å². The SMILES string of the molecule is O=C(NC(=S)Nc1cc(Cl)cc(Cl)c1O)c1ccccc1. The number of phenolic OH excluding ortho intramolecular Hbond substituents is 1. The molecule has 0 radical (unpaired) electrons. The third kappa shape index (κ3) is 4.07. The average molecular weight is 341 g/mol. The third-order valence-electron chi connectivity index (χ3n) is 2.54. The Kier molecular flexibility index (Phi) is 5.01. The first kappa shape index (κ1) is 15.6. The summed E-state index contributed by atoms with van der Waals surface area (Å²) in [6.45, 7) is 0. The van der Waals surface area contributed by atoms with Gasteiger partial charge in [0.1, 0.15) is 0 Å². The standard InChI is InChI=1S/C14H10Cl2N2O2S/c15-9-6-10(16)12(19)11(7-9)17-14(21)18-13(20)8-4-2-1-3-5-8/h1-7,19H,(H2,17,18,20,21). The number of hydrogen-bond acceptors (Lipinski definition) is 3. The number of thiocarbonyl (C=S) groups is 1. The van der Waals surface area contributed by atoms with Gasteiger partial charge in [-0.3, -0.25) is 10.1 Å². The van der Waals surface area contributed by atoms with Crippen molar-refractivity contribution in [3.63, 3.8) is 0 Å². The fourth-order valence-electron chi connectivity index (χ4n) is 1.58. The number of benzene rings is 2. The molecule has 21 heavy (non-hydrogen) atoms. The van der Waals surface area contributed by atoms with E-state index in [0.717, 1.165) is 0 Å². The lowest BCUT2D eigenvalue weighted by Crippen LogP contribution is -2.34. The number of halogens is 2. The molecular weight excluding hydrogens is 331 g/mol. The minimum atomic E-state index is -0.360. The molecule has 0 aliphatic heterocycles. The Bertz CT molecular complexity index is 693. The quantitative estimate of drug-likeness (QED) is 0.574. The van der Waals surface area contributed by atoms with Gasteiger partial charge in [-0.2, -0.15) is 0 Å². The first-order valence-corrected chi connectivity index (χ1v) is 6.99. The minimum absolute atomic E-state index is 0.0255. The number of carbonyl (C=O) groups is 1. The molecule has 1 amide bonds. The molecule has 0 heterocycles. The fourth-order valence-corrected chi connectivity index (χ4v) is 2.28. The second-order valence-corrected chi connectivity index (χ2v) is 5.31. The molecule has 0 saturated heterocycles. The average Bonchev–Trinajstić information content (AvgIpc) is 2.45. The van der Waals surface area contributed by atoms with Gasteiger partial charge in [0.15, 0.2) is 10.9 Å². The van der Waals surface area contributed by atoms with Crippen molar-refractivity contribution in [2.45, 2.75) is 0 Å². The van der Waals surface area contributed by atoms with Crippen LogP contribution in [0.15, 0.2) is 42.5 Å². The first-order chi connectivity index (χ1) is 9.97. The number of hydrogen-bond donors (Lipinski definition) is 3. The highest BCUT2D eigenvalue weighted by Gasteiger charge is 2.11. The highest BCUT2D eigenvalue weighted by Crippen LogP contribution is 2.34. The van der Waals surface area contributed by atoms with Crippen molar-refractivity contribution in [2.24, 2.45) is 0 Å². The van der Waals surface area contributed by atoms with Gasteiger partial charge in [0.05, 0.1) is 10.7 Å². The molecule has 3 N–H and O–H groups in total. The maximum absolute atomic E-state index is 11.9. The topological polar surface area (TPSA) is 61.4 Å². The summed E-state index contributed by atoms with van der Waals surface area (Å²) in [5.41, 5.74) is 0.681. The van der Waals surface area contributed by atoms with E-state index in [1.165, 1.54) is 12.1 Å². The lowest BCUT2D eigenvalue weighted by atomic mass is 10.2. The molecule has 7 heteroatoms. The van der Waals surface area contributed by atoms with Crippen molar-refractivity contribution < 1.29 is 9.90 Å². The molecule has 0 unspecified atom stereocenters. The number of anilines is 1. The molecule has 4 nitrogen and oxygen atoms in total. The second kappa shape index (κ2) is 6.76. The molecule has 0 atom stereocenters. The van der Waals surface area contributed by atoms with E-state index in [4.69, 9.17) is 35.4 Å². The lowest BCUT2D eigenvalue weighted by molar-refractivity contribution is 0.0977. The van der Waals surface area contributed by atoms with Crippen molar-refractivity contribution in [1.29, 1.82) is 0 Å². The van der Waals surface area contributed by atoms with Gasteiger partial charge in [0.25, 0.3) is 5.91 Å². The number of phenols is 1. The van der Waals surface area contributed by atoms with Crippen molar-refractivity contribution in [1.82, 2.24) is 5.32 Å². The van der Waals surface area contributed by atoms with Gasteiger partial charge in [-0.05, 0) is 36.5 Å². The summed E-state index contributed by atoms with van der Waals surface area (Å²) >= 11 is 16.7. The summed E-state index contributed by atoms with van der Waals surface area (Å²) in [5, 5.41) is 15.4. The van der Waals surface area contributed by atoms with E-state index in [1.807, 2.05) is 0 Å². The molecule has 0 saturated carbocycles. The zero-order chi connectivity index (χ0) is 15.4. The van der Waals surface area contributed by atoms with Crippen LogP contribution in [0.5, 0.6) is 5.75 Å². The maximum Gasteiger partial charge on any atom is 0.257 e. The number of rotatable bonds is 2. The van der Waals surface area contributed by atoms with Crippen molar-refractivity contribution >= 4 is 52.1 Å². The summed E-state index contributed by atoms with van der Waals surface area (Å²) in [4.78, 5) is 11.9. The van der Waals surface area contributed by atoms with Crippen molar-refractivity contribution in [2.75, 3.05) is 5.32 Å². The van der Waals surface area contributed by atoms with Crippen LogP contribution in [0.25, 0.3) is 0 Å². The maximum atomic E-state index is 11.9. The van der Waals surface area contributed by atoms with E-state index >= 15 is 0 Å². The smallest absolute Gasteiger partial charge is 0.257 e. The molecule has 0 aliphatic rings. The number of aromatic hydroxyl groups is 1. The molecule has 0 bridgehead atoms. The molecule has 0 aromatic heterocycles. The summed E-state index contributed by atoms with van der Waals surface area (Å²) in [7, 11) is 0. The Morgan fingerprint density at radius 2 is 1.81 bits per heavy atom. The highest BCUT2D eigenvalue weighted by atomic mass is 35.5. The fraction of sp³-hybridized carbons (Fsp3) is 0. The molecule has 108 valence electrons. The van der Waals surface area contributed by atoms with Gasteiger partial charge < -0.3 is 10.4 Å². The number of carbonyl (C=O) groups excluding carboxylic acids is 1. The Hall–Kier alpha value is -1.82. The predicted molar refractivity (Wildman–Crippen MR) is 88.3 cm³/mol. The van der Waals surface area contributed by atoms with Gasteiger partial charge >= 0.3 is 0 Å². The van der Waals surface area contributed by atoms with Gasteiger partial charge in [-0.1, -0.05) is 41.4 Å². The Labute approximate surface area is 136 Å². The summed E-state index contributed by atoms with van der Waals surface area (Å²) in [6, 6.07) is 11.5. The molecular formula is C14H10Cl2N2O2S. The van der Waals surface area contributed by atoms with Crippen LogP contribution in [0, 0.1) is 0 Å². The summed E-state index contributed by atoms with van der Waals surface area (Å²) in [6.07, 6.45) is 0. The van der Waals surface area contributed by atoms with Gasteiger partial charge in [-0.25, -0.2) is 0 Å². The van der Waals surface area contributed by atoms with E-state index in [9.17, 15) is 9.90 Å². The lowest BCUT2D eigenvalue weighted by Gasteiger charge is -2.12. The van der Waals surface area contributed by atoms with Crippen LogP contribution >= 0.6 is 35.4 Å². The Balaban J connectivity index is 2.08. The number of amides is 1. The van der Waals surface area contributed by atoms with E-state index in [0.29, 0.717) is 10.6 Å². The summed E-state index contributed by atoms with van der Waals surface area (Å²) in [5.74, 6) is -0.557. The zero-order valence-corrected chi connectivity index (χ0v) is 12.9. The largest absolute Gasteiger partial charge is 0.504 e. The van der Waals surface area contributed by atoms with Crippen LogP contribution in [0.2, 0.25) is 10.0 Å². The number of nitrogens with one attached hydrogen (secondary N) is 2. The Morgan fingerprint density at radius 1 is 1.14 bits per heavy atom. The predicted octanol–water partition coefficient (Wildman–Crippen LogP) is 3.83. The van der Waals surface area contributed by atoms with E-state index in [-0.39, 0.29) is 27.5 Å². The van der Waals surface area contributed by atoms with E-state index < -0.39 is 0 Å². The molecule has 0 spiro atoms. The van der Waals surface area contributed by atoms with Gasteiger partial charge in [0, 0.05) is 10.6 Å². The minimum Gasteiger partial charge on any atom is -0.504 e. The molecule has 2 aromatic carbocycles. The monoisotopic (exact) mass is 340 g/mol. The van der Waals surface area contributed by atoms with Crippen LogP contribution in [-0.2, 0) is 0 Å². The highest BCUT2D eigenvalue weighted by molar-refractivity contribution is 7.80. The van der Waals surface area contributed by atoms with E-state index in [2.05, 4.69) is 10.6 Å². The van der Waals surface area contributed by atoms with Crippen LogP contribution in [0.4, 0.5) is 5.69 Å². The zero-order valence-electron chi connectivity index (χ0n) is 10.6. The molecule has 0 aliphatic carbocycles. The molecule has 2 aromatic rings. The van der Waals surface area contributed by atoms with E-state index in [1.54, 1.807) is 30.3 Å². The third-order valence-corrected chi connectivity index (χ3v) is 3.25. The van der Waals surface area contributed by atoms with Crippen LogP contribution in [-0.4, -0.2) is 16.1 Å². The Morgan fingerprint density at radius 3 is 2.48 bits per heavy atom. The summed E-state index contributed by atoms with van der Waals surface area (Å²) < 4.78 is 0. The molecule has 0 fully saturated rings. The second-order valence-electron chi connectivity index (χ2n) is 4.06. The molecule has 2 rings (SSSR count). The van der Waals surface area contributed by atoms with Crippen molar-refractivity contribution in [3.8, 4) is 5.75 Å². The van der Waals surface area contributed by atoms with Gasteiger partial charge in [0.2, 0.25) is 0 Å².